The molecule has 1 atom stereocenters. The molecule has 2 aliphatic rings. The SMILES string of the molecule is CCSC1=C(C(=O)OC)N2C=Cc3ccccc3C2C(C(=O)OC)=C(C(=O)OC)S1. The van der Waals surface area contributed by atoms with E-state index in [1.165, 1.54) is 33.1 Å². The van der Waals surface area contributed by atoms with Gasteiger partial charge in [-0.2, -0.15) is 0 Å². The summed E-state index contributed by atoms with van der Waals surface area (Å²) in [5.74, 6) is -1.27. The molecule has 0 N–H and O–H groups in total. The number of hydrogen-bond acceptors (Lipinski definition) is 9. The van der Waals surface area contributed by atoms with E-state index in [0.717, 1.165) is 22.9 Å². The number of thioether (sulfide) groups is 2. The van der Waals surface area contributed by atoms with Crippen LogP contribution in [0.4, 0.5) is 0 Å². The third kappa shape index (κ3) is 3.87. The fraction of sp³-hybridized carbons (Fsp3) is 0.286. The fourth-order valence-electron chi connectivity index (χ4n) is 3.30. The third-order valence-corrected chi connectivity index (χ3v) is 6.90. The third-order valence-electron chi connectivity index (χ3n) is 4.58. The van der Waals surface area contributed by atoms with Crippen LogP contribution in [0, 0.1) is 0 Å². The highest BCUT2D eigenvalue weighted by molar-refractivity contribution is 8.24. The normalized spacial score (nSPS) is 17.7. The largest absolute Gasteiger partial charge is 0.466 e. The number of ether oxygens (including phenoxy) is 3. The maximum atomic E-state index is 12.9. The number of methoxy groups -OCH3 is 3. The van der Waals surface area contributed by atoms with Gasteiger partial charge in [0, 0.05) is 6.20 Å². The lowest BCUT2D eigenvalue weighted by atomic mass is 9.90. The predicted molar refractivity (Wildman–Crippen MR) is 116 cm³/mol. The molecular formula is C21H21NO6S2. The van der Waals surface area contributed by atoms with Gasteiger partial charge in [0.05, 0.1) is 37.2 Å². The first kappa shape index (κ1) is 22.0. The Labute approximate surface area is 183 Å². The summed E-state index contributed by atoms with van der Waals surface area (Å²) in [6.07, 6.45) is 3.57. The van der Waals surface area contributed by atoms with Crippen molar-refractivity contribution in [1.29, 1.82) is 0 Å². The lowest BCUT2D eigenvalue weighted by molar-refractivity contribution is -0.140. The molecular weight excluding hydrogens is 426 g/mol. The quantitative estimate of drug-likeness (QED) is 0.498. The molecule has 9 heteroatoms. The Morgan fingerprint density at radius 3 is 2.33 bits per heavy atom. The molecule has 7 nitrogen and oxygen atoms in total. The highest BCUT2D eigenvalue weighted by Crippen LogP contribution is 2.50. The van der Waals surface area contributed by atoms with Crippen molar-refractivity contribution in [1.82, 2.24) is 4.90 Å². The number of hydrogen-bond donors (Lipinski definition) is 0. The summed E-state index contributed by atoms with van der Waals surface area (Å²) in [5.41, 5.74) is 1.99. The molecule has 1 aromatic carbocycles. The number of nitrogens with zero attached hydrogens (tertiary/aromatic N) is 1. The summed E-state index contributed by atoms with van der Waals surface area (Å²) in [5, 5.41) is 0. The molecule has 0 spiro atoms. The highest BCUT2D eigenvalue weighted by atomic mass is 32.2. The van der Waals surface area contributed by atoms with Gasteiger partial charge in [-0.25, -0.2) is 14.4 Å². The molecule has 158 valence electrons. The van der Waals surface area contributed by atoms with Crippen molar-refractivity contribution in [2.75, 3.05) is 27.1 Å². The van der Waals surface area contributed by atoms with Crippen LogP contribution in [-0.4, -0.2) is 49.9 Å². The van der Waals surface area contributed by atoms with E-state index in [2.05, 4.69) is 0 Å². The molecule has 1 aromatic rings. The van der Waals surface area contributed by atoms with Crippen molar-refractivity contribution in [2.45, 2.75) is 13.0 Å². The molecule has 0 saturated carbocycles. The first-order chi connectivity index (χ1) is 14.5. The van der Waals surface area contributed by atoms with Gasteiger partial charge in [-0.1, -0.05) is 43.0 Å². The molecule has 1 unspecified atom stereocenters. The van der Waals surface area contributed by atoms with Crippen molar-refractivity contribution in [3.8, 4) is 0 Å². The Hall–Kier alpha value is -2.65. The van der Waals surface area contributed by atoms with Crippen LogP contribution in [0.1, 0.15) is 24.1 Å². The van der Waals surface area contributed by atoms with E-state index < -0.39 is 23.9 Å². The summed E-state index contributed by atoms with van der Waals surface area (Å²) in [6, 6.07) is 6.71. The van der Waals surface area contributed by atoms with Gasteiger partial charge in [0.25, 0.3) is 0 Å². The van der Waals surface area contributed by atoms with Crippen LogP contribution in [0.15, 0.2) is 50.9 Å². The van der Waals surface area contributed by atoms with Gasteiger partial charge in [0.15, 0.2) is 0 Å². The highest BCUT2D eigenvalue weighted by Gasteiger charge is 2.43. The van der Waals surface area contributed by atoms with Crippen LogP contribution in [-0.2, 0) is 28.6 Å². The van der Waals surface area contributed by atoms with E-state index >= 15 is 0 Å². The van der Waals surface area contributed by atoms with Crippen molar-refractivity contribution in [3.05, 3.63) is 62.0 Å². The first-order valence-electron chi connectivity index (χ1n) is 9.07. The molecule has 0 aromatic heterocycles. The number of fused-ring (bicyclic) bond motifs is 3. The Kier molecular flexibility index (Phi) is 6.94. The van der Waals surface area contributed by atoms with Crippen LogP contribution in [0.25, 0.3) is 6.08 Å². The number of carbonyl (C=O) groups excluding carboxylic acids is 3. The minimum absolute atomic E-state index is 0.0827. The van der Waals surface area contributed by atoms with Crippen LogP contribution >= 0.6 is 23.5 Å². The molecule has 0 radical (unpaired) electrons. The molecule has 2 heterocycles. The average Bonchev–Trinajstić information content (AvgIpc) is 2.92. The fourth-order valence-corrected chi connectivity index (χ4v) is 5.67. The Morgan fingerprint density at radius 2 is 1.70 bits per heavy atom. The zero-order valence-corrected chi connectivity index (χ0v) is 18.6. The van der Waals surface area contributed by atoms with Crippen molar-refractivity contribution in [2.24, 2.45) is 0 Å². The first-order valence-corrected chi connectivity index (χ1v) is 10.9. The number of benzene rings is 1. The molecule has 0 fully saturated rings. The standard InChI is InChI=1S/C21H21NO6S2/c1-5-29-21-16(19(24)27-3)22-11-10-12-8-6-7-9-13(12)15(22)14(18(23)26-2)17(30-21)20(25)28-4/h6-11,15H,5H2,1-4H3. The van der Waals surface area contributed by atoms with Gasteiger partial charge in [0.2, 0.25) is 0 Å². The Morgan fingerprint density at radius 1 is 1.03 bits per heavy atom. The maximum Gasteiger partial charge on any atom is 0.356 e. The maximum absolute atomic E-state index is 12.9. The van der Waals surface area contributed by atoms with Crippen LogP contribution in [0.5, 0.6) is 0 Å². The molecule has 0 aliphatic carbocycles. The molecule has 0 bridgehead atoms. The van der Waals surface area contributed by atoms with Crippen LogP contribution in [0.3, 0.4) is 0 Å². The molecule has 2 aliphatic heterocycles. The van der Waals surface area contributed by atoms with Gasteiger partial charge in [-0.15, -0.1) is 11.8 Å². The molecule has 0 saturated heterocycles. The number of carbonyl (C=O) groups is 3. The smallest absolute Gasteiger partial charge is 0.356 e. The zero-order chi connectivity index (χ0) is 21.8. The molecule has 3 rings (SSSR count). The molecule has 0 amide bonds. The van der Waals surface area contributed by atoms with Crippen LogP contribution < -0.4 is 0 Å². The monoisotopic (exact) mass is 447 g/mol. The second kappa shape index (κ2) is 9.44. The van der Waals surface area contributed by atoms with Gasteiger partial charge in [-0.05, 0) is 23.0 Å². The summed E-state index contributed by atoms with van der Waals surface area (Å²) in [4.78, 5) is 40.3. The zero-order valence-electron chi connectivity index (χ0n) is 17.0. The van der Waals surface area contributed by atoms with E-state index in [4.69, 9.17) is 14.2 Å². The number of rotatable bonds is 5. The van der Waals surface area contributed by atoms with Crippen molar-refractivity contribution in [3.63, 3.8) is 0 Å². The van der Waals surface area contributed by atoms with Gasteiger partial charge >= 0.3 is 17.9 Å². The Bertz CT molecular complexity index is 981. The topological polar surface area (TPSA) is 82.1 Å². The lowest BCUT2D eigenvalue weighted by Gasteiger charge is -2.35. The van der Waals surface area contributed by atoms with E-state index in [1.54, 1.807) is 11.1 Å². The van der Waals surface area contributed by atoms with E-state index in [1.807, 2.05) is 37.3 Å². The Balaban J connectivity index is 2.39. The second-order valence-electron chi connectivity index (χ2n) is 6.14. The van der Waals surface area contributed by atoms with E-state index in [-0.39, 0.29) is 16.2 Å². The van der Waals surface area contributed by atoms with Crippen molar-refractivity contribution < 1.29 is 28.6 Å². The summed E-state index contributed by atoms with van der Waals surface area (Å²) in [6.45, 7) is 1.93. The minimum atomic E-state index is -0.760. The summed E-state index contributed by atoms with van der Waals surface area (Å²) >= 11 is 2.40. The van der Waals surface area contributed by atoms with Crippen LogP contribution in [0.2, 0.25) is 0 Å². The minimum Gasteiger partial charge on any atom is -0.466 e. The second-order valence-corrected chi connectivity index (χ2v) is 8.70. The lowest BCUT2D eigenvalue weighted by Crippen LogP contribution is -2.34. The average molecular weight is 448 g/mol. The van der Waals surface area contributed by atoms with Crippen molar-refractivity contribution >= 4 is 47.5 Å². The van der Waals surface area contributed by atoms with Gasteiger partial charge in [0.1, 0.15) is 10.6 Å². The summed E-state index contributed by atoms with van der Waals surface area (Å²) < 4.78 is 15.6. The van der Waals surface area contributed by atoms with Gasteiger partial charge in [-0.3, -0.25) is 0 Å². The predicted octanol–water partition coefficient (Wildman–Crippen LogP) is 3.46. The summed E-state index contributed by atoms with van der Waals surface area (Å²) in [7, 11) is 3.80. The van der Waals surface area contributed by atoms with Gasteiger partial charge < -0.3 is 19.1 Å². The van der Waals surface area contributed by atoms with E-state index in [9.17, 15) is 14.4 Å². The molecule has 30 heavy (non-hydrogen) atoms. The number of esters is 3. The van der Waals surface area contributed by atoms with E-state index in [0.29, 0.717) is 9.99 Å².